The molecule has 2 amide bonds. The van der Waals surface area contributed by atoms with Crippen molar-refractivity contribution in [2.45, 2.75) is 25.3 Å². The minimum atomic E-state index is -0.110. The lowest BCUT2D eigenvalue weighted by atomic mass is 10.2. The van der Waals surface area contributed by atoms with Crippen molar-refractivity contribution in [1.82, 2.24) is 20.1 Å². The molecule has 0 saturated carbocycles. The molecule has 130 valence electrons. The summed E-state index contributed by atoms with van der Waals surface area (Å²) >= 11 is 0. The predicted octanol–water partition coefficient (Wildman–Crippen LogP) is 1.15. The van der Waals surface area contributed by atoms with Gasteiger partial charge >= 0.3 is 0 Å². The molecular formula is C18H26N4O2. The number of hydrogen-bond acceptors (Lipinski definition) is 4. The third-order valence-electron chi connectivity index (χ3n) is 4.12. The van der Waals surface area contributed by atoms with Gasteiger partial charge in [0.15, 0.2) is 0 Å². The fraction of sp³-hybridized carbons (Fsp3) is 0.500. The molecule has 1 aromatic rings. The highest BCUT2D eigenvalue weighted by Crippen LogP contribution is 2.18. The van der Waals surface area contributed by atoms with Gasteiger partial charge in [-0.15, -0.1) is 0 Å². The van der Waals surface area contributed by atoms with Gasteiger partial charge in [-0.25, -0.2) is 0 Å². The van der Waals surface area contributed by atoms with Gasteiger partial charge in [0.05, 0.1) is 6.04 Å². The number of nitrogens with one attached hydrogen (secondary N) is 1. The summed E-state index contributed by atoms with van der Waals surface area (Å²) in [6.45, 7) is 2.39. The molecule has 0 aromatic carbocycles. The highest BCUT2D eigenvalue weighted by Gasteiger charge is 2.30. The Hall–Kier alpha value is -2.21. The third-order valence-corrected chi connectivity index (χ3v) is 4.12. The Kier molecular flexibility index (Phi) is 6.93. The van der Waals surface area contributed by atoms with Crippen LogP contribution in [0.1, 0.15) is 24.8 Å². The molecule has 0 spiro atoms. The molecule has 1 atom stereocenters. The number of hydrogen-bond donors (Lipinski definition) is 1. The Bertz CT molecular complexity index is 572. The van der Waals surface area contributed by atoms with Crippen LogP contribution in [0.3, 0.4) is 0 Å². The van der Waals surface area contributed by atoms with Gasteiger partial charge in [0.1, 0.15) is 0 Å². The predicted molar refractivity (Wildman–Crippen MR) is 94.2 cm³/mol. The van der Waals surface area contributed by atoms with E-state index in [-0.39, 0.29) is 17.9 Å². The fourth-order valence-electron chi connectivity index (χ4n) is 2.87. The fourth-order valence-corrected chi connectivity index (χ4v) is 2.87. The van der Waals surface area contributed by atoms with E-state index in [0.717, 1.165) is 37.9 Å². The summed E-state index contributed by atoms with van der Waals surface area (Å²) in [6, 6.07) is 3.73. The molecule has 0 aliphatic carbocycles. The standard InChI is InChI=1S/C18H26N4O2/c1-21(2)18(24)16-7-4-12-22(16)13-5-11-20-17(23)9-8-15-6-3-10-19-14-15/h3,6,8-10,14,16H,4-5,7,11-13H2,1-2H3,(H,20,23)/b9-8+/t16-/m1/s1. The van der Waals surface area contributed by atoms with E-state index in [1.807, 2.05) is 12.1 Å². The lowest BCUT2D eigenvalue weighted by Crippen LogP contribution is -2.43. The Balaban J connectivity index is 1.68. The van der Waals surface area contributed by atoms with Crippen molar-refractivity contribution >= 4 is 17.9 Å². The molecular weight excluding hydrogens is 304 g/mol. The van der Waals surface area contributed by atoms with Crippen molar-refractivity contribution in [2.24, 2.45) is 0 Å². The molecule has 0 unspecified atom stereocenters. The van der Waals surface area contributed by atoms with Crippen LogP contribution in [0, 0.1) is 0 Å². The smallest absolute Gasteiger partial charge is 0.244 e. The topological polar surface area (TPSA) is 65.5 Å². The van der Waals surface area contributed by atoms with E-state index in [4.69, 9.17) is 0 Å². The highest BCUT2D eigenvalue weighted by atomic mass is 16.2. The third kappa shape index (κ3) is 5.45. The van der Waals surface area contributed by atoms with E-state index >= 15 is 0 Å². The lowest BCUT2D eigenvalue weighted by molar-refractivity contribution is -0.133. The minimum Gasteiger partial charge on any atom is -0.353 e. The first-order chi connectivity index (χ1) is 11.6. The zero-order chi connectivity index (χ0) is 17.4. The van der Waals surface area contributed by atoms with E-state index in [0.29, 0.717) is 6.54 Å². The number of carbonyl (C=O) groups is 2. The number of carbonyl (C=O) groups excluding carboxylic acids is 2. The van der Waals surface area contributed by atoms with Crippen LogP contribution in [0.5, 0.6) is 0 Å². The van der Waals surface area contributed by atoms with Crippen molar-refractivity contribution in [2.75, 3.05) is 33.7 Å². The van der Waals surface area contributed by atoms with Gasteiger partial charge in [-0.05, 0) is 43.5 Å². The minimum absolute atomic E-state index is 0.00109. The van der Waals surface area contributed by atoms with Crippen LogP contribution < -0.4 is 5.32 Å². The number of likely N-dealkylation sites (tertiary alicyclic amines) is 1. The van der Waals surface area contributed by atoms with Crippen LogP contribution >= 0.6 is 0 Å². The molecule has 0 radical (unpaired) electrons. The molecule has 1 fully saturated rings. The van der Waals surface area contributed by atoms with Gasteiger partial charge in [-0.1, -0.05) is 6.07 Å². The van der Waals surface area contributed by atoms with Crippen molar-refractivity contribution < 1.29 is 9.59 Å². The SMILES string of the molecule is CN(C)C(=O)[C@H]1CCCN1CCCNC(=O)/C=C/c1cccnc1. The summed E-state index contributed by atoms with van der Waals surface area (Å²) in [4.78, 5) is 31.8. The zero-order valence-corrected chi connectivity index (χ0v) is 14.4. The number of aromatic nitrogens is 1. The van der Waals surface area contributed by atoms with Crippen molar-refractivity contribution in [3.8, 4) is 0 Å². The molecule has 6 heteroatoms. The molecule has 0 bridgehead atoms. The maximum absolute atomic E-state index is 12.1. The average molecular weight is 330 g/mol. The summed E-state index contributed by atoms with van der Waals surface area (Å²) in [5.41, 5.74) is 0.898. The number of likely N-dealkylation sites (N-methyl/N-ethyl adjacent to an activating group) is 1. The van der Waals surface area contributed by atoms with Gasteiger partial charge < -0.3 is 10.2 Å². The van der Waals surface area contributed by atoms with Crippen LogP contribution in [-0.4, -0.2) is 66.4 Å². The number of amides is 2. The van der Waals surface area contributed by atoms with Crippen LogP contribution in [0.2, 0.25) is 0 Å². The Labute approximate surface area is 143 Å². The molecule has 1 N–H and O–H groups in total. The van der Waals surface area contributed by atoms with E-state index in [1.165, 1.54) is 6.08 Å². The van der Waals surface area contributed by atoms with E-state index in [1.54, 1.807) is 37.5 Å². The maximum Gasteiger partial charge on any atom is 0.244 e. The average Bonchev–Trinajstić information content (AvgIpc) is 3.05. The quantitative estimate of drug-likeness (QED) is 0.602. The van der Waals surface area contributed by atoms with Crippen molar-refractivity contribution in [1.29, 1.82) is 0 Å². The summed E-state index contributed by atoms with van der Waals surface area (Å²) < 4.78 is 0. The van der Waals surface area contributed by atoms with Gasteiger partial charge in [0.25, 0.3) is 0 Å². The Morgan fingerprint density at radius 2 is 2.29 bits per heavy atom. The summed E-state index contributed by atoms with van der Waals surface area (Å²) in [6.07, 6.45) is 9.49. The largest absolute Gasteiger partial charge is 0.353 e. The van der Waals surface area contributed by atoms with E-state index in [2.05, 4.69) is 15.2 Å². The second-order valence-corrected chi connectivity index (χ2v) is 6.19. The summed E-state index contributed by atoms with van der Waals surface area (Å²) in [5.74, 6) is 0.0668. The normalized spacial score (nSPS) is 18.0. The molecule has 1 aliphatic heterocycles. The van der Waals surface area contributed by atoms with Crippen LogP contribution in [0.25, 0.3) is 6.08 Å². The van der Waals surface area contributed by atoms with E-state index < -0.39 is 0 Å². The molecule has 2 heterocycles. The molecule has 1 aliphatic rings. The summed E-state index contributed by atoms with van der Waals surface area (Å²) in [5, 5.41) is 2.88. The summed E-state index contributed by atoms with van der Waals surface area (Å²) in [7, 11) is 3.60. The van der Waals surface area contributed by atoms with Crippen molar-refractivity contribution in [3.63, 3.8) is 0 Å². The second-order valence-electron chi connectivity index (χ2n) is 6.19. The highest BCUT2D eigenvalue weighted by molar-refractivity contribution is 5.91. The number of rotatable bonds is 7. The monoisotopic (exact) mass is 330 g/mol. The number of nitrogens with zero attached hydrogens (tertiary/aromatic N) is 3. The first kappa shape index (κ1) is 18.1. The van der Waals surface area contributed by atoms with Crippen LogP contribution in [0.15, 0.2) is 30.6 Å². The van der Waals surface area contributed by atoms with Gasteiger partial charge in [-0.3, -0.25) is 19.5 Å². The number of pyridine rings is 1. The zero-order valence-electron chi connectivity index (χ0n) is 14.4. The Morgan fingerprint density at radius 3 is 3.00 bits per heavy atom. The lowest BCUT2D eigenvalue weighted by Gasteiger charge is -2.25. The van der Waals surface area contributed by atoms with Crippen LogP contribution in [-0.2, 0) is 9.59 Å². The van der Waals surface area contributed by atoms with Crippen LogP contribution in [0.4, 0.5) is 0 Å². The van der Waals surface area contributed by atoms with Gasteiger partial charge in [-0.2, -0.15) is 0 Å². The molecule has 24 heavy (non-hydrogen) atoms. The van der Waals surface area contributed by atoms with E-state index in [9.17, 15) is 9.59 Å². The molecule has 1 saturated heterocycles. The van der Waals surface area contributed by atoms with Gasteiger partial charge in [0.2, 0.25) is 11.8 Å². The van der Waals surface area contributed by atoms with Crippen molar-refractivity contribution in [3.05, 3.63) is 36.2 Å². The Morgan fingerprint density at radius 1 is 1.46 bits per heavy atom. The molecule has 2 rings (SSSR count). The molecule has 6 nitrogen and oxygen atoms in total. The second kappa shape index (κ2) is 9.17. The first-order valence-corrected chi connectivity index (χ1v) is 8.39. The maximum atomic E-state index is 12.1. The van der Waals surface area contributed by atoms with Gasteiger partial charge in [0, 0.05) is 45.7 Å². The molecule has 1 aromatic heterocycles. The first-order valence-electron chi connectivity index (χ1n) is 8.39.